The van der Waals surface area contributed by atoms with Crippen molar-refractivity contribution in [3.8, 4) is 0 Å². The van der Waals surface area contributed by atoms with Crippen molar-refractivity contribution in [3.63, 3.8) is 0 Å². The van der Waals surface area contributed by atoms with Crippen molar-refractivity contribution in [3.05, 3.63) is 34.3 Å². The minimum atomic E-state index is -1.37. The SMILES string of the molecule is CC1(C)CCC(Cc2cc([C@@H]3O[C@H](CO)[C@@H](O)[C@H](O)[C@H]3O)ccc2Cl)CC1. The van der Waals surface area contributed by atoms with Gasteiger partial charge in [-0.3, -0.25) is 0 Å². The maximum Gasteiger partial charge on any atom is 0.113 e. The second kappa shape index (κ2) is 8.36. The van der Waals surface area contributed by atoms with Gasteiger partial charge in [0.15, 0.2) is 0 Å². The Labute approximate surface area is 165 Å². The number of rotatable bonds is 4. The van der Waals surface area contributed by atoms with Crippen LogP contribution in [0.15, 0.2) is 18.2 Å². The zero-order chi connectivity index (χ0) is 19.8. The molecule has 1 aliphatic heterocycles. The fourth-order valence-electron chi connectivity index (χ4n) is 4.28. The van der Waals surface area contributed by atoms with Crippen molar-refractivity contribution in [1.29, 1.82) is 0 Å². The fourth-order valence-corrected chi connectivity index (χ4v) is 4.47. The summed E-state index contributed by atoms with van der Waals surface area (Å²) in [6.07, 6.45) is -0.0772. The van der Waals surface area contributed by atoms with E-state index < -0.39 is 37.1 Å². The van der Waals surface area contributed by atoms with Gasteiger partial charge in [0.2, 0.25) is 0 Å². The third kappa shape index (κ3) is 4.66. The minimum Gasteiger partial charge on any atom is -0.394 e. The van der Waals surface area contributed by atoms with E-state index in [-0.39, 0.29) is 0 Å². The normalized spacial score (nSPS) is 34.6. The van der Waals surface area contributed by atoms with Crippen LogP contribution < -0.4 is 0 Å². The first-order valence-corrected chi connectivity index (χ1v) is 10.2. The molecule has 0 spiro atoms. The maximum atomic E-state index is 10.4. The Morgan fingerprint density at radius 2 is 1.74 bits per heavy atom. The summed E-state index contributed by atoms with van der Waals surface area (Å²) in [5.41, 5.74) is 2.12. The summed E-state index contributed by atoms with van der Waals surface area (Å²) < 4.78 is 5.68. The first-order valence-electron chi connectivity index (χ1n) is 9.80. The molecule has 27 heavy (non-hydrogen) atoms. The Kier molecular flexibility index (Phi) is 6.51. The van der Waals surface area contributed by atoms with Crippen LogP contribution in [0.3, 0.4) is 0 Å². The lowest BCUT2D eigenvalue weighted by atomic mass is 9.71. The highest BCUT2D eigenvalue weighted by Crippen LogP contribution is 2.40. The van der Waals surface area contributed by atoms with Gasteiger partial charge in [-0.15, -0.1) is 0 Å². The third-order valence-electron chi connectivity index (χ3n) is 6.26. The van der Waals surface area contributed by atoms with E-state index in [0.29, 0.717) is 21.9 Å². The van der Waals surface area contributed by atoms with E-state index in [1.807, 2.05) is 6.07 Å². The van der Waals surface area contributed by atoms with Crippen molar-refractivity contribution >= 4 is 11.6 Å². The topological polar surface area (TPSA) is 90.2 Å². The average molecular weight is 399 g/mol. The summed E-state index contributed by atoms with van der Waals surface area (Å²) in [6.45, 7) is 4.20. The minimum absolute atomic E-state index is 0.415. The Morgan fingerprint density at radius 1 is 1.07 bits per heavy atom. The van der Waals surface area contributed by atoms with E-state index in [4.69, 9.17) is 16.3 Å². The van der Waals surface area contributed by atoms with Gasteiger partial charge in [0.05, 0.1) is 6.61 Å². The largest absolute Gasteiger partial charge is 0.394 e. The lowest BCUT2D eigenvalue weighted by molar-refractivity contribution is -0.231. The van der Waals surface area contributed by atoms with Gasteiger partial charge in [-0.25, -0.2) is 0 Å². The molecule has 1 aromatic rings. The smallest absolute Gasteiger partial charge is 0.113 e. The molecule has 1 aromatic carbocycles. The summed E-state index contributed by atoms with van der Waals surface area (Å²) in [5.74, 6) is 0.584. The van der Waals surface area contributed by atoms with E-state index in [2.05, 4.69) is 13.8 Å². The van der Waals surface area contributed by atoms with Gasteiger partial charge < -0.3 is 25.2 Å². The molecule has 3 rings (SSSR count). The van der Waals surface area contributed by atoms with Crippen LogP contribution in [0.1, 0.15) is 56.8 Å². The molecule has 1 heterocycles. The number of hydrogen-bond acceptors (Lipinski definition) is 5. The predicted octanol–water partition coefficient (Wildman–Crippen LogP) is 2.61. The van der Waals surface area contributed by atoms with Gasteiger partial charge in [-0.1, -0.05) is 37.6 Å². The number of ether oxygens (including phenoxy) is 1. The molecule has 2 aliphatic rings. The van der Waals surface area contributed by atoms with Crippen molar-refractivity contribution in [2.24, 2.45) is 11.3 Å². The zero-order valence-corrected chi connectivity index (χ0v) is 16.8. The molecule has 5 nitrogen and oxygen atoms in total. The molecule has 0 aromatic heterocycles. The van der Waals surface area contributed by atoms with Gasteiger partial charge >= 0.3 is 0 Å². The molecule has 2 fully saturated rings. The number of benzene rings is 1. The number of aliphatic hydroxyl groups excluding tert-OH is 4. The van der Waals surface area contributed by atoms with Gasteiger partial charge in [0.25, 0.3) is 0 Å². The first-order chi connectivity index (χ1) is 12.7. The molecule has 4 N–H and O–H groups in total. The molecular weight excluding hydrogens is 368 g/mol. The van der Waals surface area contributed by atoms with Gasteiger partial charge in [-0.2, -0.15) is 0 Å². The molecule has 0 radical (unpaired) electrons. The maximum absolute atomic E-state index is 10.4. The molecule has 6 heteroatoms. The first kappa shape index (κ1) is 21.0. The second-order valence-corrected chi connectivity index (χ2v) is 9.32. The summed E-state index contributed by atoms with van der Waals surface area (Å²) >= 11 is 6.42. The fraction of sp³-hybridized carbons (Fsp3) is 0.714. The van der Waals surface area contributed by atoms with Crippen LogP contribution in [-0.2, 0) is 11.2 Å². The lowest BCUT2D eigenvalue weighted by Crippen LogP contribution is -2.55. The van der Waals surface area contributed by atoms with Crippen LogP contribution in [0, 0.1) is 11.3 Å². The Morgan fingerprint density at radius 3 is 2.37 bits per heavy atom. The van der Waals surface area contributed by atoms with Crippen LogP contribution >= 0.6 is 11.6 Å². The Hall–Kier alpha value is -0.690. The summed E-state index contributed by atoms with van der Waals surface area (Å²) in [6, 6.07) is 5.48. The average Bonchev–Trinajstić information content (AvgIpc) is 2.64. The van der Waals surface area contributed by atoms with E-state index in [1.54, 1.807) is 12.1 Å². The number of halogens is 1. The van der Waals surface area contributed by atoms with E-state index in [0.717, 1.165) is 12.0 Å². The third-order valence-corrected chi connectivity index (χ3v) is 6.63. The molecule has 1 aliphatic carbocycles. The molecule has 5 atom stereocenters. The molecular formula is C21H31ClO5. The number of hydrogen-bond donors (Lipinski definition) is 4. The quantitative estimate of drug-likeness (QED) is 0.626. The molecule has 0 amide bonds. The van der Waals surface area contributed by atoms with Gasteiger partial charge in [0, 0.05) is 5.02 Å². The monoisotopic (exact) mass is 398 g/mol. The molecule has 0 unspecified atom stereocenters. The predicted molar refractivity (Wildman–Crippen MR) is 104 cm³/mol. The van der Waals surface area contributed by atoms with Crippen molar-refractivity contribution in [1.82, 2.24) is 0 Å². The van der Waals surface area contributed by atoms with Crippen molar-refractivity contribution in [2.75, 3.05) is 6.61 Å². The van der Waals surface area contributed by atoms with Crippen LogP contribution in [0.5, 0.6) is 0 Å². The van der Waals surface area contributed by atoms with Gasteiger partial charge in [-0.05, 0) is 60.6 Å². The molecule has 1 saturated carbocycles. The highest BCUT2D eigenvalue weighted by Gasteiger charge is 2.44. The summed E-state index contributed by atoms with van der Waals surface area (Å²) in [5, 5.41) is 40.5. The van der Waals surface area contributed by atoms with Gasteiger partial charge in [0.1, 0.15) is 30.5 Å². The van der Waals surface area contributed by atoms with E-state index >= 15 is 0 Å². The van der Waals surface area contributed by atoms with Crippen LogP contribution in [-0.4, -0.2) is 51.4 Å². The molecule has 1 saturated heterocycles. The summed E-state index contributed by atoms with van der Waals surface area (Å²) in [7, 11) is 0. The van der Waals surface area contributed by atoms with Crippen molar-refractivity contribution in [2.45, 2.75) is 76.5 Å². The lowest BCUT2D eigenvalue weighted by Gasteiger charge is -2.40. The standard InChI is InChI=1S/C21H31ClO5/c1-21(2)7-5-12(6-8-21)9-14-10-13(3-4-15(14)22)20-19(26)18(25)17(24)16(11-23)27-20/h3-4,10,12,16-20,23-26H,5-9,11H2,1-2H3/t16-,17-,18+,19-,20+/m1/s1. The van der Waals surface area contributed by atoms with Crippen molar-refractivity contribution < 1.29 is 25.2 Å². The Balaban J connectivity index is 1.76. The Bertz CT molecular complexity index is 637. The van der Waals surface area contributed by atoms with Crippen LogP contribution in [0.25, 0.3) is 0 Å². The van der Waals surface area contributed by atoms with E-state index in [1.165, 1.54) is 25.7 Å². The van der Waals surface area contributed by atoms with Crippen LogP contribution in [0.4, 0.5) is 0 Å². The summed E-state index contributed by atoms with van der Waals surface area (Å²) in [4.78, 5) is 0. The zero-order valence-electron chi connectivity index (χ0n) is 16.0. The van der Waals surface area contributed by atoms with Crippen LogP contribution in [0.2, 0.25) is 5.02 Å². The highest BCUT2D eigenvalue weighted by atomic mass is 35.5. The molecule has 152 valence electrons. The van der Waals surface area contributed by atoms with E-state index in [9.17, 15) is 20.4 Å². The second-order valence-electron chi connectivity index (χ2n) is 8.91. The number of aliphatic hydroxyl groups is 4. The highest BCUT2D eigenvalue weighted by molar-refractivity contribution is 6.31. The molecule has 0 bridgehead atoms.